The first-order valence-electron chi connectivity index (χ1n) is 5.61. The van der Waals surface area contributed by atoms with Crippen LogP contribution in [-0.4, -0.2) is 38.7 Å². The molecule has 0 saturated carbocycles. The highest BCUT2D eigenvalue weighted by molar-refractivity contribution is 7.92. The van der Waals surface area contributed by atoms with Gasteiger partial charge >= 0.3 is 0 Å². The topological polar surface area (TPSA) is 69.4 Å². The van der Waals surface area contributed by atoms with E-state index >= 15 is 0 Å². The molecule has 2 atom stereocenters. The van der Waals surface area contributed by atoms with Crippen LogP contribution in [-0.2, 0) is 14.6 Å². The van der Waals surface area contributed by atoms with Crippen molar-refractivity contribution in [2.75, 3.05) is 18.9 Å². The van der Waals surface area contributed by atoms with Crippen molar-refractivity contribution < 1.29 is 13.2 Å². The molecule has 0 bridgehead atoms. The van der Waals surface area contributed by atoms with Gasteiger partial charge in [-0.1, -0.05) is 6.42 Å². The van der Waals surface area contributed by atoms with E-state index in [1.165, 1.54) is 0 Å². The lowest BCUT2D eigenvalue weighted by atomic mass is 10.2. The highest BCUT2D eigenvalue weighted by atomic mass is 32.2. The minimum absolute atomic E-state index is 0.135. The van der Waals surface area contributed by atoms with E-state index in [1.807, 2.05) is 6.92 Å². The molecule has 1 heterocycles. The predicted molar refractivity (Wildman–Crippen MR) is 60.5 cm³/mol. The Kier molecular flexibility index (Phi) is 5.02. The van der Waals surface area contributed by atoms with Gasteiger partial charge in [-0.3, -0.25) is 0 Å². The summed E-state index contributed by atoms with van der Waals surface area (Å²) in [5.74, 6) is 0.283. The van der Waals surface area contributed by atoms with Crippen LogP contribution in [0.1, 0.15) is 32.6 Å². The largest absolute Gasteiger partial charge is 0.377 e. The van der Waals surface area contributed by atoms with Crippen molar-refractivity contribution in [2.45, 2.75) is 44.0 Å². The van der Waals surface area contributed by atoms with E-state index in [4.69, 9.17) is 10.5 Å². The highest BCUT2D eigenvalue weighted by Gasteiger charge is 2.34. The predicted octanol–water partition coefficient (Wildman–Crippen LogP) is 0.708. The summed E-state index contributed by atoms with van der Waals surface area (Å²) in [7, 11) is -2.96. The summed E-state index contributed by atoms with van der Waals surface area (Å²) >= 11 is 0. The van der Waals surface area contributed by atoms with E-state index in [0.717, 1.165) is 19.3 Å². The number of rotatable bonds is 6. The third-order valence-electron chi connectivity index (χ3n) is 2.90. The highest BCUT2D eigenvalue weighted by Crippen LogP contribution is 2.22. The van der Waals surface area contributed by atoms with Gasteiger partial charge in [0.25, 0.3) is 0 Å². The van der Waals surface area contributed by atoms with Gasteiger partial charge in [0.05, 0.1) is 17.1 Å². The van der Waals surface area contributed by atoms with Crippen molar-refractivity contribution in [3.8, 4) is 0 Å². The van der Waals surface area contributed by atoms with Gasteiger partial charge in [0.1, 0.15) is 0 Å². The maximum atomic E-state index is 11.9. The molecule has 0 radical (unpaired) electrons. The zero-order valence-electron chi connectivity index (χ0n) is 9.31. The third-order valence-corrected chi connectivity index (χ3v) is 5.30. The second-order valence-corrected chi connectivity index (χ2v) is 6.46. The summed E-state index contributed by atoms with van der Waals surface area (Å²) in [6, 6.07) is 0. The maximum Gasteiger partial charge on any atom is 0.155 e. The Morgan fingerprint density at radius 1 is 1.33 bits per heavy atom. The van der Waals surface area contributed by atoms with Crippen LogP contribution in [0.25, 0.3) is 0 Å². The Bertz CT molecular complexity index is 276. The molecule has 15 heavy (non-hydrogen) atoms. The molecule has 1 rings (SSSR count). The minimum atomic E-state index is -2.96. The first kappa shape index (κ1) is 12.9. The van der Waals surface area contributed by atoms with Crippen molar-refractivity contribution in [3.63, 3.8) is 0 Å². The minimum Gasteiger partial charge on any atom is -0.377 e. The Balaban J connectivity index is 2.37. The number of sulfone groups is 1. The smallest absolute Gasteiger partial charge is 0.155 e. The molecule has 0 spiro atoms. The van der Waals surface area contributed by atoms with Crippen LogP contribution in [0, 0.1) is 0 Å². The third kappa shape index (κ3) is 3.74. The molecular formula is C10H21NO3S. The molecule has 0 aromatic carbocycles. The second kappa shape index (κ2) is 5.82. The molecule has 1 aliphatic heterocycles. The zero-order chi connectivity index (χ0) is 11.3. The standard InChI is InChI=1S/C10H21NO3S/c1-9-10(5-7-14-9)15(12,13)8-4-2-3-6-11/h9-10H,2-8,11H2,1H3. The molecule has 90 valence electrons. The Morgan fingerprint density at radius 2 is 2.07 bits per heavy atom. The van der Waals surface area contributed by atoms with Crippen LogP contribution in [0.5, 0.6) is 0 Å². The molecule has 1 saturated heterocycles. The van der Waals surface area contributed by atoms with Gasteiger partial charge in [-0.05, 0) is 32.7 Å². The molecular weight excluding hydrogens is 214 g/mol. The number of unbranched alkanes of at least 4 members (excludes halogenated alkanes) is 2. The lowest BCUT2D eigenvalue weighted by molar-refractivity contribution is 0.126. The fraction of sp³-hybridized carbons (Fsp3) is 1.00. The molecule has 0 amide bonds. The zero-order valence-corrected chi connectivity index (χ0v) is 10.1. The Hall–Kier alpha value is -0.130. The molecule has 2 unspecified atom stereocenters. The van der Waals surface area contributed by atoms with Gasteiger partial charge in [0, 0.05) is 6.61 Å². The number of hydrogen-bond acceptors (Lipinski definition) is 4. The first-order valence-corrected chi connectivity index (χ1v) is 7.32. The van der Waals surface area contributed by atoms with Crippen molar-refractivity contribution in [1.29, 1.82) is 0 Å². The van der Waals surface area contributed by atoms with Crippen molar-refractivity contribution in [2.24, 2.45) is 5.73 Å². The SMILES string of the molecule is CC1OCCC1S(=O)(=O)CCCCCN. The number of ether oxygens (including phenoxy) is 1. The lowest BCUT2D eigenvalue weighted by Gasteiger charge is -2.14. The summed E-state index contributed by atoms with van der Waals surface area (Å²) in [6.45, 7) is 3.06. The molecule has 0 aromatic rings. The molecule has 2 N–H and O–H groups in total. The Morgan fingerprint density at radius 3 is 2.60 bits per heavy atom. The van der Waals surface area contributed by atoms with E-state index in [0.29, 0.717) is 19.6 Å². The molecule has 1 aliphatic rings. The molecule has 0 aromatic heterocycles. The fourth-order valence-electron chi connectivity index (χ4n) is 1.96. The van der Waals surface area contributed by atoms with E-state index < -0.39 is 9.84 Å². The van der Waals surface area contributed by atoms with Gasteiger partial charge in [-0.25, -0.2) is 8.42 Å². The van der Waals surface area contributed by atoms with Crippen LogP contribution in [0.2, 0.25) is 0 Å². The van der Waals surface area contributed by atoms with Gasteiger partial charge in [-0.15, -0.1) is 0 Å². The van der Waals surface area contributed by atoms with Gasteiger partial charge in [0.2, 0.25) is 0 Å². The lowest BCUT2D eigenvalue weighted by Crippen LogP contribution is -2.30. The quantitative estimate of drug-likeness (QED) is 0.688. The number of nitrogens with two attached hydrogens (primary N) is 1. The van der Waals surface area contributed by atoms with E-state index in [1.54, 1.807) is 0 Å². The van der Waals surface area contributed by atoms with Crippen molar-refractivity contribution in [1.82, 2.24) is 0 Å². The van der Waals surface area contributed by atoms with E-state index in [2.05, 4.69) is 0 Å². The second-order valence-electron chi connectivity index (χ2n) is 4.12. The summed E-state index contributed by atoms with van der Waals surface area (Å²) in [5, 5.41) is -0.282. The summed E-state index contributed by atoms with van der Waals surface area (Å²) in [6.07, 6.45) is 3.05. The Labute approximate surface area is 92.1 Å². The summed E-state index contributed by atoms with van der Waals surface area (Å²) in [4.78, 5) is 0. The van der Waals surface area contributed by atoms with E-state index in [9.17, 15) is 8.42 Å². The van der Waals surface area contributed by atoms with Gasteiger partial charge < -0.3 is 10.5 Å². The van der Waals surface area contributed by atoms with Gasteiger partial charge in [-0.2, -0.15) is 0 Å². The van der Waals surface area contributed by atoms with Gasteiger partial charge in [0.15, 0.2) is 9.84 Å². The molecule has 0 aliphatic carbocycles. The van der Waals surface area contributed by atoms with Crippen molar-refractivity contribution in [3.05, 3.63) is 0 Å². The first-order chi connectivity index (χ1) is 7.08. The van der Waals surface area contributed by atoms with Crippen LogP contribution in [0.4, 0.5) is 0 Å². The fourth-order valence-corrected chi connectivity index (χ4v) is 3.99. The molecule has 4 nitrogen and oxygen atoms in total. The molecule has 1 fully saturated rings. The normalized spacial score (nSPS) is 27.1. The molecule has 5 heteroatoms. The van der Waals surface area contributed by atoms with Crippen LogP contribution < -0.4 is 5.73 Å². The van der Waals surface area contributed by atoms with Crippen LogP contribution in [0.3, 0.4) is 0 Å². The monoisotopic (exact) mass is 235 g/mol. The van der Waals surface area contributed by atoms with Crippen molar-refractivity contribution >= 4 is 9.84 Å². The van der Waals surface area contributed by atoms with Crippen LogP contribution in [0.15, 0.2) is 0 Å². The van der Waals surface area contributed by atoms with E-state index in [-0.39, 0.29) is 17.1 Å². The number of hydrogen-bond donors (Lipinski definition) is 1. The average molecular weight is 235 g/mol. The van der Waals surface area contributed by atoms with Crippen LogP contribution >= 0.6 is 0 Å². The average Bonchev–Trinajstić information content (AvgIpc) is 2.60. The summed E-state index contributed by atoms with van der Waals surface area (Å²) in [5.41, 5.74) is 5.35. The maximum absolute atomic E-state index is 11.9. The summed E-state index contributed by atoms with van der Waals surface area (Å²) < 4.78 is 29.1.